The van der Waals surface area contributed by atoms with Crippen molar-refractivity contribution in [2.75, 3.05) is 0 Å². The van der Waals surface area contributed by atoms with E-state index >= 15 is 0 Å². The maximum atomic E-state index is 2.45. The van der Waals surface area contributed by atoms with Crippen molar-refractivity contribution in [3.63, 3.8) is 0 Å². The van der Waals surface area contributed by atoms with E-state index in [-0.39, 0.29) is 0 Å². The van der Waals surface area contributed by atoms with Gasteiger partial charge in [-0.25, -0.2) is 0 Å². The van der Waals surface area contributed by atoms with E-state index in [1.54, 1.807) is 11.1 Å². The van der Waals surface area contributed by atoms with Crippen LogP contribution in [-0.4, -0.2) is 10.2 Å². The molecule has 3 atom stereocenters. The van der Waals surface area contributed by atoms with Crippen LogP contribution in [0.4, 0.5) is 0 Å². The molecule has 0 bridgehead atoms. The molecule has 1 aromatic rings. The second kappa shape index (κ2) is 3.09. The summed E-state index contributed by atoms with van der Waals surface area (Å²) in [6, 6.07) is 9.01. The lowest BCUT2D eigenvalue weighted by Gasteiger charge is -2.27. The number of fused-ring (bicyclic) bond motifs is 3. The third-order valence-corrected chi connectivity index (χ3v) is 5.24. The minimum Gasteiger partial charge on any atom is -0.0879 e. The van der Waals surface area contributed by atoms with Gasteiger partial charge in [-0.2, -0.15) is 0 Å². The zero-order valence-corrected chi connectivity index (χ0v) is 10.6. The first-order valence-corrected chi connectivity index (χ1v) is 6.76. The fraction of sp³-hybridized carbons (Fsp3) is 0.385. The van der Waals surface area contributed by atoms with E-state index < -0.39 is 0 Å². The highest BCUT2D eigenvalue weighted by atomic mass is 28.1. The SMILES string of the molecule is [SiH3]C1CC=CC2c3ccccc3CC12. The average molecular weight is 200 g/mol. The van der Waals surface area contributed by atoms with Crippen molar-refractivity contribution in [2.24, 2.45) is 5.92 Å². The van der Waals surface area contributed by atoms with Crippen molar-refractivity contribution in [1.29, 1.82) is 0 Å². The van der Waals surface area contributed by atoms with Crippen LogP contribution in [0.15, 0.2) is 36.4 Å². The quantitative estimate of drug-likeness (QED) is 0.444. The summed E-state index contributed by atoms with van der Waals surface area (Å²) in [5.41, 5.74) is 4.21. The summed E-state index contributed by atoms with van der Waals surface area (Å²) in [6.45, 7) is 0. The smallest absolute Gasteiger partial charge is 0.00753 e. The Labute approximate surface area is 88.5 Å². The van der Waals surface area contributed by atoms with Gasteiger partial charge in [0.25, 0.3) is 0 Å². The normalized spacial score (nSPS) is 34.1. The van der Waals surface area contributed by atoms with Gasteiger partial charge in [0, 0.05) is 16.2 Å². The first kappa shape index (κ1) is 8.48. The summed E-state index contributed by atoms with van der Waals surface area (Å²) >= 11 is 0. The highest BCUT2D eigenvalue weighted by Gasteiger charge is 2.35. The van der Waals surface area contributed by atoms with Crippen LogP contribution in [0, 0.1) is 5.92 Å². The van der Waals surface area contributed by atoms with Gasteiger partial charge in [0.05, 0.1) is 0 Å². The first-order valence-electron chi connectivity index (χ1n) is 5.61. The van der Waals surface area contributed by atoms with E-state index in [0.29, 0.717) is 0 Å². The van der Waals surface area contributed by atoms with Gasteiger partial charge in [0.1, 0.15) is 0 Å². The zero-order valence-electron chi connectivity index (χ0n) is 8.61. The van der Waals surface area contributed by atoms with Gasteiger partial charge < -0.3 is 0 Å². The van der Waals surface area contributed by atoms with E-state index in [2.05, 4.69) is 36.4 Å². The van der Waals surface area contributed by atoms with Gasteiger partial charge in [-0.3, -0.25) is 0 Å². The van der Waals surface area contributed by atoms with E-state index in [9.17, 15) is 0 Å². The molecule has 0 saturated heterocycles. The highest BCUT2D eigenvalue weighted by Crippen LogP contribution is 2.47. The largest absolute Gasteiger partial charge is 0.0879 e. The second-order valence-electron chi connectivity index (χ2n) is 4.73. The van der Waals surface area contributed by atoms with Crippen LogP contribution in [0.3, 0.4) is 0 Å². The van der Waals surface area contributed by atoms with Crippen LogP contribution >= 0.6 is 0 Å². The monoisotopic (exact) mass is 200 g/mol. The Hall–Kier alpha value is -0.823. The zero-order chi connectivity index (χ0) is 9.54. The van der Waals surface area contributed by atoms with E-state index in [4.69, 9.17) is 0 Å². The molecule has 3 rings (SSSR count). The van der Waals surface area contributed by atoms with Gasteiger partial charge in [-0.1, -0.05) is 36.4 Å². The molecule has 0 fully saturated rings. The lowest BCUT2D eigenvalue weighted by molar-refractivity contribution is 0.461. The van der Waals surface area contributed by atoms with E-state index in [1.165, 1.54) is 23.1 Å². The number of allylic oxidation sites excluding steroid dienone is 2. The lowest BCUT2D eigenvalue weighted by Crippen LogP contribution is -2.16. The molecule has 1 aromatic carbocycles. The van der Waals surface area contributed by atoms with E-state index in [1.807, 2.05) is 0 Å². The van der Waals surface area contributed by atoms with Crippen LogP contribution in [0.5, 0.6) is 0 Å². The van der Waals surface area contributed by atoms with Gasteiger partial charge >= 0.3 is 0 Å². The molecule has 2 aliphatic rings. The minimum absolute atomic E-state index is 0.752. The van der Waals surface area contributed by atoms with Crippen LogP contribution in [0.1, 0.15) is 23.5 Å². The molecule has 0 aliphatic heterocycles. The van der Waals surface area contributed by atoms with Crippen molar-refractivity contribution in [1.82, 2.24) is 0 Å². The summed E-state index contributed by atoms with van der Waals surface area (Å²) in [6.07, 6.45) is 7.52. The summed E-state index contributed by atoms with van der Waals surface area (Å²) in [5.74, 6) is 1.69. The van der Waals surface area contributed by atoms with Crippen molar-refractivity contribution in [3.05, 3.63) is 47.5 Å². The molecular weight excluding hydrogens is 184 g/mol. The molecule has 72 valence electrons. The Morgan fingerprint density at radius 2 is 2.07 bits per heavy atom. The molecule has 3 unspecified atom stereocenters. The molecule has 0 spiro atoms. The van der Waals surface area contributed by atoms with Crippen molar-refractivity contribution >= 4 is 10.2 Å². The third kappa shape index (κ3) is 1.12. The van der Waals surface area contributed by atoms with E-state index in [0.717, 1.165) is 17.4 Å². The Balaban J connectivity index is 2.07. The Kier molecular flexibility index (Phi) is 1.87. The Bertz CT molecular complexity index is 381. The molecule has 2 aliphatic carbocycles. The first-order chi connectivity index (χ1) is 6.86. The molecule has 0 N–H and O–H groups in total. The average Bonchev–Trinajstić information content (AvgIpc) is 2.59. The standard InChI is InChI=1S/C13H16Si/c14-13-7-3-6-11-10-5-2-1-4-9(10)8-12(11)13/h1-6,11-13H,7-8H2,14H3. The van der Waals surface area contributed by atoms with Gasteiger partial charge in [-0.15, -0.1) is 0 Å². The molecule has 0 saturated carbocycles. The highest BCUT2D eigenvalue weighted by molar-refractivity contribution is 6.12. The summed E-state index contributed by atoms with van der Waals surface area (Å²) in [7, 11) is 1.35. The predicted octanol–water partition coefficient (Wildman–Crippen LogP) is 2.06. The van der Waals surface area contributed by atoms with Crippen LogP contribution < -0.4 is 0 Å². The molecule has 0 heterocycles. The fourth-order valence-corrected chi connectivity index (χ4v) is 4.00. The second-order valence-corrected chi connectivity index (χ2v) is 6.22. The van der Waals surface area contributed by atoms with Gasteiger partial charge in [-0.05, 0) is 35.4 Å². The minimum atomic E-state index is 0.752. The predicted molar refractivity (Wildman–Crippen MR) is 63.8 cm³/mol. The summed E-state index contributed by atoms with van der Waals surface area (Å²) in [5, 5.41) is 0. The summed E-state index contributed by atoms with van der Waals surface area (Å²) < 4.78 is 0. The number of rotatable bonds is 0. The van der Waals surface area contributed by atoms with Gasteiger partial charge in [0.15, 0.2) is 0 Å². The molecule has 14 heavy (non-hydrogen) atoms. The Morgan fingerprint density at radius 1 is 1.21 bits per heavy atom. The van der Waals surface area contributed by atoms with Crippen LogP contribution in [0.2, 0.25) is 5.54 Å². The molecular formula is C13H16Si. The lowest BCUT2D eigenvalue weighted by atomic mass is 9.84. The molecule has 0 nitrogen and oxygen atoms in total. The number of benzene rings is 1. The number of hydrogen-bond donors (Lipinski definition) is 0. The maximum Gasteiger partial charge on any atom is 0.00753 e. The molecule has 0 amide bonds. The van der Waals surface area contributed by atoms with Crippen LogP contribution in [0.25, 0.3) is 0 Å². The van der Waals surface area contributed by atoms with Gasteiger partial charge in [0.2, 0.25) is 0 Å². The topological polar surface area (TPSA) is 0 Å². The summed E-state index contributed by atoms with van der Waals surface area (Å²) in [4.78, 5) is 0. The Morgan fingerprint density at radius 3 is 3.00 bits per heavy atom. The molecule has 0 radical (unpaired) electrons. The van der Waals surface area contributed by atoms with Crippen molar-refractivity contribution < 1.29 is 0 Å². The molecule has 1 heteroatoms. The van der Waals surface area contributed by atoms with Crippen molar-refractivity contribution in [2.45, 2.75) is 24.3 Å². The number of hydrogen-bond acceptors (Lipinski definition) is 0. The van der Waals surface area contributed by atoms with Crippen LogP contribution in [-0.2, 0) is 6.42 Å². The maximum absolute atomic E-state index is 2.45. The molecule has 0 aromatic heterocycles. The van der Waals surface area contributed by atoms with Crippen molar-refractivity contribution in [3.8, 4) is 0 Å². The fourth-order valence-electron chi connectivity index (χ4n) is 3.07. The third-order valence-electron chi connectivity index (χ3n) is 3.91.